The molecule has 22 heavy (non-hydrogen) atoms. The van der Waals surface area contributed by atoms with Gasteiger partial charge in [-0.2, -0.15) is 0 Å². The lowest BCUT2D eigenvalue weighted by atomic mass is 9.87. The van der Waals surface area contributed by atoms with Gasteiger partial charge in [-0.1, -0.05) is 19.8 Å². The fourth-order valence-corrected chi connectivity index (χ4v) is 3.63. The monoisotopic (exact) mass is 436 g/mol. The molecule has 1 aromatic rings. The van der Waals surface area contributed by atoms with Gasteiger partial charge in [0.2, 0.25) is 0 Å². The molecule has 0 saturated heterocycles. The van der Waals surface area contributed by atoms with Crippen molar-refractivity contribution in [1.29, 1.82) is 0 Å². The molecule has 0 aromatic carbocycles. The Balaban J connectivity index is 0.00000242. The summed E-state index contributed by atoms with van der Waals surface area (Å²) in [6, 6.07) is 0.577. The first-order valence-electron chi connectivity index (χ1n) is 8.13. The normalized spacial score (nSPS) is 22.0. The molecule has 1 heterocycles. The van der Waals surface area contributed by atoms with Gasteiger partial charge in [0.05, 0.1) is 5.01 Å². The fourth-order valence-electron chi connectivity index (χ4n) is 2.86. The van der Waals surface area contributed by atoms with E-state index in [9.17, 15) is 0 Å². The third kappa shape index (κ3) is 6.81. The second-order valence-corrected chi connectivity index (χ2v) is 7.31. The quantitative estimate of drug-likeness (QED) is 0.420. The fraction of sp³-hybridized carbons (Fsp3) is 0.750. The molecule has 1 aliphatic rings. The number of guanidine groups is 1. The smallest absolute Gasteiger partial charge is 0.191 e. The maximum atomic E-state index is 4.70. The van der Waals surface area contributed by atoms with Crippen LogP contribution in [0.4, 0.5) is 0 Å². The molecule has 0 aliphatic heterocycles. The number of halogens is 1. The average Bonchev–Trinajstić information content (AvgIpc) is 2.85. The van der Waals surface area contributed by atoms with Crippen LogP contribution in [-0.4, -0.2) is 30.1 Å². The van der Waals surface area contributed by atoms with E-state index in [0.29, 0.717) is 6.04 Å². The van der Waals surface area contributed by atoms with Gasteiger partial charge in [0.25, 0.3) is 0 Å². The molecule has 0 radical (unpaired) electrons. The zero-order valence-corrected chi connectivity index (χ0v) is 17.0. The molecular weight excluding hydrogens is 407 g/mol. The highest BCUT2D eigenvalue weighted by molar-refractivity contribution is 14.0. The number of thiazole rings is 1. The molecule has 6 heteroatoms. The van der Waals surface area contributed by atoms with Crippen LogP contribution >= 0.6 is 35.3 Å². The van der Waals surface area contributed by atoms with Crippen molar-refractivity contribution in [1.82, 2.24) is 15.6 Å². The van der Waals surface area contributed by atoms with Gasteiger partial charge in [-0.15, -0.1) is 35.3 Å². The Morgan fingerprint density at radius 3 is 2.91 bits per heavy atom. The lowest BCUT2D eigenvalue weighted by Gasteiger charge is -2.28. The van der Waals surface area contributed by atoms with Crippen molar-refractivity contribution >= 4 is 41.3 Å². The molecule has 0 amide bonds. The van der Waals surface area contributed by atoms with E-state index in [1.807, 2.05) is 6.20 Å². The number of aromatic nitrogens is 1. The molecule has 2 N–H and O–H groups in total. The van der Waals surface area contributed by atoms with Crippen LogP contribution in [0.15, 0.2) is 11.2 Å². The van der Waals surface area contributed by atoms with E-state index in [-0.39, 0.29) is 24.0 Å². The molecule has 1 fully saturated rings. The maximum Gasteiger partial charge on any atom is 0.191 e. The topological polar surface area (TPSA) is 49.3 Å². The van der Waals surface area contributed by atoms with Crippen LogP contribution in [0.5, 0.6) is 0 Å². The van der Waals surface area contributed by atoms with Crippen LogP contribution < -0.4 is 10.6 Å². The number of aryl methyl sites for hydroxylation is 1. The number of hydrogen-bond acceptors (Lipinski definition) is 3. The first kappa shape index (κ1) is 19.7. The van der Waals surface area contributed by atoms with Gasteiger partial charge in [0.1, 0.15) is 0 Å². The van der Waals surface area contributed by atoms with Crippen LogP contribution in [0.25, 0.3) is 0 Å². The van der Waals surface area contributed by atoms with Crippen LogP contribution in [0.2, 0.25) is 0 Å². The summed E-state index contributed by atoms with van der Waals surface area (Å²) in [5, 5.41) is 8.14. The van der Waals surface area contributed by atoms with E-state index in [1.54, 1.807) is 11.3 Å². The van der Waals surface area contributed by atoms with Gasteiger partial charge < -0.3 is 10.6 Å². The standard InChI is InChI=1S/C16H28N4S.HI/c1-4-17-16(20-14-7-5-6-12(2)10-14)18-9-8-15-19-11-13(3)21-15;/h11-12,14H,4-10H2,1-3H3,(H2,17,18,20);1H. The van der Waals surface area contributed by atoms with Gasteiger partial charge >= 0.3 is 0 Å². The van der Waals surface area contributed by atoms with Gasteiger partial charge in [-0.25, -0.2) is 4.98 Å². The first-order chi connectivity index (χ1) is 10.2. The maximum absolute atomic E-state index is 4.70. The van der Waals surface area contributed by atoms with E-state index in [2.05, 4.69) is 36.4 Å². The molecule has 1 saturated carbocycles. The molecule has 126 valence electrons. The summed E-state index contributed by atoms with van der Waals surface area (Å²) in [4.78, 5) is 10.4. The molecule has 2 rings (SSSR count). The van der Waals surface area contributed by atoms with Crippen molar-refractivity contribution < 1.29 is 0 Å². The molecule has 4 nitrogen and oxygen atoms in total. The second-order valence-electron chi connectivity index (χ2n) is 5.99. The molecule has 1 aliphatic carbocycles. The zero-order chi connectivity index (χ0) is 15.1. The molecule has 1 aromatic heterocycles. The van der Waals surface area contributed by atoms with E-state index in [1.165, 1.54) is 35.6 Å². The highest BCUT2D eigenvalue weighted by atomic mass is 127. The minimum absolute atomic E-state index is 0. The van der Waals surface area contributed by atoms with Crippen LogP contribution in [0.1, 0.15) is 49.4 Å². The van der Waals surface area contributed by atoms with E-state index in [4.69, 9.17) is 4.99 Å². The Labute approximate surface area is 155 Å². The predicted molar refractivity (Wildman–Crippen MR) is 107 cm³/mol. The van der Waals surface area contributed by atoms with Gasteiger partial charge in [-0.3, -0.25) is 4.99 Å². The molecule has 2 atom stereocenters. The Morgan fingerprint density at radius 1 is 1.45 bits per heavy atom. The molecule has 2 unspecified atom stereocenters. The summed E-state index contributed by atoms with van der Waals surface area (Å²) in [5.41, 5.74) is 0. The van der Waals surface area contributed by atoms with Crippen molar-refractivity contribution in [2.45, 2.75) is 58.9 Å². The number of aliphatic imine (C=N–C) groups is 1. The van der Waals surface area contributed by atoms with Crippen LogP contribution in [0.3, 0.4) is 0 Å². The van der Waals surface area contributed by atoms with Crippen molar-refractivity contribution in [2.75, 3.05) is 13.1 Å². The summed E-state index contributed by atoms with van der Waals surface area (Å²) in [7, 11) is 0. The number of hydrogen-bond donors (Lipinski definition) is 2. The number of nitrogens with zero attached hydrogens (tertiary/aromatic N) is 2. The van der Waals surface area contributed by atoms with Crippen molar-refractivity contribution in [3.63, 3.8) is 0 Å². The summed E-state index contributed by atoms with van der Waals surface area (Å²) in [6.07, 6.45) is 8.09. The summed E-state index contributed by atoms with van der Waals surface area (Å²) in [5.74, 6) is 1.79. The van der Waals surface area contributed by atoms with Gasteiger partial charge in [0.15, 0.2) is 5.96 Å². The Hall–Kier alpha value is -0.370. The Morgan fingerprint density at radius 2 is 2.27 bits per heavy atom. The molecule has 0 spiro atoms. The van der Waals surface area contributed by atoms with Crippen molar-refractivity contribution in [2.24, 2.45) is 10.9 Å². The lowest BCUT2D eigenvalue weighted by Crippen LogP contribution is -2.45. The van der Waals surface area contributed by atoms with Crippen molar-refractivity contribution in [3.8, 4) is 0 Å². The molecule has 0 bridgehead atoms. The highest BCUT2D eigenvalue weighted by Gasteiger charge is 2.19. The van der Waals surface area contributed by atoms with E-state index < -0.39 is 0 Å². The minimum atomic E-state index is 0. The summed E-state index contributed by atoms with van der Waals surface area (Å²) < 4.78 is 0. The van der Waals surface area contributed by atoms with E-state index >= 15 is 0 Å². The third-order valence-electron chi connectivity index (χ3n) is 3.89. The van der Waals surface area contributed by atoms with Crippen molar-refractivity contribution in [3.05, 3.63) is 16.1 Å². The van der Waals surface area contributed by atoms with Crippen LogP contribution in [-0.2, 0) is 6.42 Å². The second kappa shape index (κ2) is 10.4. The summed E-state index contributed by atoms with van der Waals surface area (Å²) >= 11 is 1.77. The number of rotatable bonds is 5. The highest BCUT2D eigenvalue weighted by Crippen LogP contribution is 2.23. The lowest BCUT2D eigenvalue weighted by molar-refractivity contribution is 0.324. The van der Waals surface area contributed by atoms with Gasteiger partial charge in [0, 0.05) is 36.6 Å². The zero-order valence-electron chi connectivity index (χ0n) is 13.9. The Kier molecular flexibility index (Phi) is 9.31. The largest absolute Gasteiger partial charge is 0.357 e. The van der Waals surface area contributed by atoms with Gasteiger partial charge in [-0.05, 0) is 32.6 Å². The Bertz CT molecular complexity index is 461. The average molecular weight is 436 g/mol. The number of nitrogens with one attached hydrogen (secondary N) is 2. The SMILES string of the molecule is CCNC(=NCCc1ncc(C)s1)NC1CCCC(C)C1.I. The first-order valence-corrected chi connectivity index (χ1v) is 8.95. The van der Waals surface area contributed by atoms with E-state index in [0.717, 1.165) is 31.4 Å². The minimum Gasteiger partial charge on any atom is -0.357 e. The van der Waals surface area contributed by atoms with Crippen LogP contribution in [0, 0.1) is 12.8 Å². The predicted octanol–water partition coefficient (Wildman–Crippen LogP) is 3.75. The summed E-state index contributed by atoms with van der Waals surface area (Å²) in [6.45, 7) is 8.27. The molecular formula is C16H29IN4S. The third-order valence-corrected chi connectivity index (χ3v) is 4.86.